The molecular weight excluding hydrogens is 588 g/mol. The summed E-state index contributed by atoms with van der Waals surface area (Å²) in [5.41, 5.74) is -1.35. The van der Waals surface area contributed by atoms with E-state index < -0.39 is 20.2 Å². The SMILES string of the molecule is Cl.Cl.Cl.O=S(=O)(c1ccc(OC2CCN(c3ccnc4ccc(-c5cn[nH]c5)cc34)CC2)cc1)C(F)(F)F. The molecule has 7 nitrogen and oxygen atoms in total. The van der Waals surface area contributed by atoms with E-state index in [-0.39, 0.29) is 43.3 Å². The molecule has 0 unspecified atom stereocenters. The molecule has 4 aromatic rings. The summed E-state index contributed by atoms with van der Waals surface area (Å²) < 4.78 is 67.2. The Morgan fingerprint density at radius 3 is 2.24 bits per heavy atom. The molecule has 3 heterocycles. The molecule has 5 rings (SSSR count). The zero-order chi connectivity index (χ0) is 24.6. The number of piperidine rings is 1. The van der Waals surface area contributed by atoms with Crippen LogP contribution in [0.2, 0.25) is 0 Å². The van der Waals surface area contributed by atoms with Gasteiger partial charge in [0.25, 0.3) is 9.84 Å². The normalized spacial score (nSPS) is 14.2. The van der Waals surface area contributed by atoms with Crippen LogP contribution in [0.25, 0.3) is 22.0 Å². The molecule has 0 saturated carbocycles. The van der Waals surface area contributed by atoms with Crippen molar-refractivity contribution in [2.24, 2.45) is 0 Å². The van der Waals surface area contributed by atoms with Gasteiger partial charge >= 0.3 is 5.51 Å². The van der Waals surface area contributed by atoms with E-state index in [0.717, 1.165) is 52.9 Å². The zero-order valence-electron chi connectivity index (χ0n) is 19.6. The van der Waals surface area contributed by atoms with Crippen LogP contribution in [0.15, 0.2) is 72.0 Å². The molecule has 14 heteroatoms. The van der Waals surface area contributed by atoms with Crippen molar-refractivity contribution < 1.29 is 26.3 Å². The molecule has 206 valence electrons. The Hall–Kier alpha value is -2.73. The van der Waals surface area contributed by atoms with Crippen LogP contribution in [-0.4, -0.2) is 48.3 Å². The molecule has 2 aromatic carbocycles. The lowest BCUT2D eigenvalue weighted by Crippen LogP contribution is -2.38. The fourth-order valence-corrected chi connectivity index (χ4v) is 5.00. The number of sulfone groups is 1. The maximum absolute atomic E-state index is 12.7. The number of alkyl halides is 3. The number of pyridine rings is 1. The summed E-state index contributed by atoms with van der Waals surface area (Å²) in [6.07, 6.45) is 6.66. The average molecular weight is 612 g/mol. The van der Waals surface area contributed by atoms with Crippen molar-refractivity contribution >= 4 is 63.6 Å². The van der Waals surface area contributed by atoms with Gasteiger partial charge in [-0.3, -0.25) is 10.1 Å². The zero-order valence-corrected chi connectivity index (χ0v) is 22.9. The van der Waals surface area contributed by atoms with Gasteiger partial charge in [-0.25, -0.2) is 8.42 Å². The molecule has 0 radical (unpaired) electrons. The Bertz CT molecular complexity index is 1450. The van der Waals surface area contributed by atoms with Gasteiger partial charge < -0.3 is 9.64 Å². The summed E-state index contributed by atoms with van der Waals surface area (Å²) in [5, 5.41) is 7.88. The first-order chi connectivity index (χ1) is 16.7. The molecular formula is C24H24Cl3F3N4O3S. The number of hydrogen-bond acceptors (Lipinski definition) is 6. The first-order valence-electron chi connectivity index (χ1n) is 10.9. The number of fused-ring (bicyclic) bond motifs is 1. The van der Waals surface area contributed by atoms with Gasteiger partial charge in [0.05, 0.1) is 16.6 Å². The highest BCUT2D eigenvalue weighted by Gasteiger charge is 2.46. The Balaban J connectivity index is 0.00000169. The van der Waals surface area contributed by atoms with Crippen LogP contribution in [0.3, 0.4) is 0 Å². The standard InChI is InChI=1S/C24H21F3N4O3S.3ClH/c25-24(26,27)35(32,33)20-4-2-18(3-5-20)34-19-8-11-31(12-9-19)23-7-10-28-22-6-1-16(13-21(22)23)17-14-29-30-15-17;;;/h1-7,10,13-15,19H,8-9,11-12H2,(H,29,30);3*1H. The van der Waals surface area contributed by atoms with Crippen LogP contribution in [-0.2, 0) is 9.84 Å². The molecule has 0 bridgehead atoms. The summed E-state index contributed by atoms with van der Waals surface area (Å²) in [7, 11) is -5.37. The van der Waals surface area contributed by atoms with E-state index >= 15 is 0 Å². The molecule has 0 atom stereocenters. The predicted octanol–water partition coefficient (Wildman–Crippen LogP) is 6.23. The van der Waals surface area contributed by atoms with E-state index in [2.05, 4.69) is 26.1 Å². The minimum Gasteiger partial charge on any atom is -0.490 e. The van der Waals surface area contributed by atoms with Crippen molar-refractivity contribution in [2.45, 2.75) is 29.3 Å². The molecule has 0 amide bonds. The van der Waals surface area contributed by atoms with Gasteiger partial charge in [0.1, 0.15) is 11.9 Å². The van der Waals surface area contributed by atoms with Gasteiger partial charge in [-0.1, -0.05) is 6.07 Å². The number of nitrogens with one attached hydrogen (secondary N) is 1. The number of aromatic amines is 1. The topological polar surface area (TPSA) is 88.2 Å². The van der Waals surface area contributed by atoms with Crippen molar-refractivity contribution in [3.05, 3.63) is 67.1 Å². The number of H-pyrrole nitrogens is 1. The Labute approximate surface area is 235 Å². The van der Waals surface area contributed by atoms with Gasteiger partial charge in [0.2, 0.25) is 0 Å². The lowest BCUT2D eigenvalue weighted by Gasteiger charge is -2.34. The van der Waals surface area contributed by atoms with E-state index in [1.54, 1.807) is 12.4 Å². The summed E-state index contributed by atoms with van der Waals surface area (Å²) in [5.74, 6) is 0.337. The fraction of sp³-hybridized carbons (Fsp3) is 0.250. The summed E-state index contributed by atoms with van der Waals surface area (Å²) in [6, 6.07) is 12.5. The third kappa shape index (κ3) is 6.28. The van der Waals surface area contributed by atoms with Gasteiger partial charge in [0.15, 0.2) is 0 Å². The highest BCUT2D eigenvalue weighted by atomic mass is 35.5. The van der Waals surface area contributed by atoms with Gasteiger partial charge in [-0.2, -0.15) is 18.3 Å². The second-order valence-electron chi connectivity index (χ2n) is 8.27. The smallest absolute Gasteiger partial charge is 0.490 e. The summed E-state index contributed by atoms with van der Waals surface area (Å²) in [6.45, 7) is 1.44. The second kappa shape index (κ2) is 12.4. The highest BCUT2D eigenvalue weighted by Crippen LogP contribution is 2.33. The number of rotatable bonds is 5. The first kappa shape index (κ1) is 31.5. The van der Waals surface area contributed by atoms with Crippen LogP contribution < -0.4 is 9.64 Å². The largest absolute Gasteiger partial charge is 0.501 e. The minimum absolute atomic E-state index is 0. The minimum atomic E-state index is -5.37. The number of anilines is 1. The monoisotopic (exact) mass is 610 g/mol. The number of nitrogens with zero attached hydrogens (tertiary/aromatic N) is 3. The van der Waals surface area contributed by atoms with Crippen molar-refractivity contribution in [2.75, 3.05) is 18.0 Å². The molecule has 0 aliphatic carbocycles. The van der Waals surface area contributed by atoms with Crippen molar-refractivity contribution in [1.82, 2.24) is 15.2 Å². The Morgan fingerprint density at radius 1 is 0.947 bits per heavy atom. The Kier molecular flexibility index (Phi) is 10.3. The number of halogens is 6. The lowest BCUT2D eigenvalue weighted by atomic mass is 10.0. The van der Waals surface area contributed by atoms with Crippen LogP contribution in [0.4, 0.5) is 18.9 Å². The third-order valence-electron chi connectivity index (χ3n) is 6.07. The number of ether oxygens (including phenoxy) is 1. The first-order valence-corrected chi connectivity index (χ1v) is 12.4. The maximum atomic E-state index is 12.7. The molecule has 1 saturated heterocycles. The van der Waals surface area contributed by atoms with E-state index in [1.165, 1.54) is 12.1 Å². The number of hydrogen-bond donors (Lipinski definition) is 1. The molecule has 1 fully saturated rings. The fourth-order valence-electron chi connectivity index (χ4n) is 4.23. The van der Waals surface area contributed by atoms with Gasteiger partial charge in [0, 0.05) is 55.0 Å². The molecule has 0 spiro atoms. The number of aromatic nitrogens is 3. The van der Waals surface area contributed by atoms with Crippen molar-refractivity contribution in [1.29, 1.82) is 0 Å². The summed E-state index contributed by atoms with van der Waals surface area (Å²) >= 11 is 0. The van der Waals surface area contributed by atoms with Crippen LogP contribution in [0.1, 0.15) is 12.8 Å². The van der Waals surface area contributed by atoms with Crippen LogP contribution in [0.5, 0.6) is 5.75 Å². The molecule has 38 heavy (non-hydrogen) atoms. The molecule has 1 aliphatic heterocycles. The second-order valence-corrected chi connectivity index (χ2v) is 10.2. The highest BCUT2D eigenvalue weighted by molar-refractivity contribution is 7.92. The lowest BCUT2D eigenvalue weighted by molar-refractivity contribution is -0.0436. The molecule has 1 aliphatic rings. The van der Waals surface area contributed by atoms with E-state index in [4.69, 9.17) is 4.74 Å². The van der Waals surface area contributed by atoms with Crippen LogP contribution >= 0.6 is 37.2 Å². The van der Waals surface area contributed by atoms with Gasteiger partial charge in [-0.05, 0) is 48.0 Å². The van der Waals surface area contributed by atoms with Crippen LogP contribution in [0, 0.1) is 0 Å². The van der Waals surface area contributed by atoms with Crippen molar-refractivity contribution in [3.8, 4) is 16.9 Å². The quantitative estimate of drug-likeness (QED) is 0.288. The number of benzene rings is 2. The van der Waals surface area contributed by atoms with Gasteiger partial charge in [-0.15, -0.1) is 37.2 Å². The molecule has 1 N–H and O–H groups in total. The van der Waals surface area contributed by atoms with E-state index in [1.807, 2.05) is 24.4 Å². The van der Waals surface area contributed by atoms with E-state index in [0.29, 0.717) is 18.6 Å². The molecule has 2 aromatic heterocycles. The summed E-state index contributed by atoms with van der Waals surface area (Å²) in [4.78, 5) is 5.95. The third-order valence-corrected chi connectivity index (χ3v) is 7.58. The predicted molar refractivity (Wildman–Crippen MR) is 147 cm³/mol. The Morgan fingerprint density at radius 2 is 1.63 bits per heavy atom. The maximum Gasteiger partial charge on any atom is 0.501 e. The van der Waals surface area contributed by atoms with Crippen molar-refractivity contribution in [3.63, 3.8) is 0 Å². The van der Waals surface area contributed by atoms with E-state index in [9.17, 15) is 21.6 Å². The average Bonchev–Trinajstić information content (AvgIpc) is 3.39.